The maximum absolute atomic E-state index is 11.7. The van der Waals surface area contributed by atoms with Crippen LogP contribution in [0.2, 0.25) is 0 Å². The summed E-state index contributed by atoms with van der Waals surface area (Å²) in [6.45, 7) is 1.68. The van der Waals surface area contributed by atoms with Crippen LogP contribution in [0.5, 0.6) is 5.75 Å². The molecule has 0 aliphatic carbocycles. The lowest BCUT2D eigenvalue weighted by molar-refractivity contribution is -0.115. The number of aryl methyl sites for hydroxylation is 1. The highest BCUT2D eigenvalue weighted by molar-refractivity contribution is 5.90. The van der Waals surface area contributed by atoms with E-state index in [2.05, 4.69) is 15.5 Å². The fourth-order valence-electron chi connectivity index (χ4n) is 1.48. The first-order valence-electron chi connectivity index (χ1n) is 5.40. The second-order valence-electron chi connectivity index (χ2n) is 3.72. The van der Waals surface area contributed by atoms with Crippen LogP contribution in [-0.4, -0.2) is 23.2 Å². The van der Waals surface area contributed by atoms with Gasteiger partial charge in [-0.2, -0.15) is 4.98 Å². The first-order chi connectivity index (χ1) is 8.67. The molecule has 6 nitrogen and oxygen atoms in total. The van der Waals surface area contributed by atoms with Gasteiger partial charge in [0, 0.05) is 0 Å². The molecule has 0 aliphatic rings. The SMILES string of the molecule is COc1cccc(CC(=O)Nc2nc(C)no2)c1. The average Bonchev–Trinajstić information content (AvgIpc) is 2.74. The molecular weight excluding hydrogens is 234 g/mol. The molecule has 0 spiro atoms. The summed E-state index contributed by atoms with van der Waals surface area (Å²) in [7, 11) is 1.58. The molecule has 94 valence electrons. The standard InChI is InChI=1S/C12H13N3O3/c1-8-13-12(18-15-8)14-11(16)7-9-4-3-5-10(6-9)17-2/h3-6H,7H2,1-2H3,(H,13,14,15,16). The number of rotatable bonds is 4. The zero-order chi connectivity index (χ0) is 13.0. The average molecular weight is 247 g/mol. The summed E-state index contributed by atoms with van der Waals surface area (Å²) in [5.74, 6) is 0.979. The van der Waals surface area contributed by atoms with Gasteiger partial charge in [0.05, 0.1) is 13.5 Å². The van der Waals surface area contributed by atoms with Gasteiger partial charge in [0.25, 0.3) is 0 Å². The lowest BCUT2D eigenvalue weighted by Crippen LogP contribution is -2.14. The van der Waals surface area contributed by atoms with E-state index in [4.69, 9.17) is 9.26 Å². The van der Waals surface area contributed by atoms with Crippen LogP contribution in [0.25, 0.3) is 0 Å². The van der Waals surface area contributed by atoms with E-state index >= 15 is 0 Å². The van der Waals surface area contributed by atoms with Crippen molar-refractivity contribution in [3.05, 3.63) is 35.7 Å². The predicted molar refractivity (Wildman–Crippen MR) is 64.4 cm³/mol. The molecule has 0 aliphatic heterocycles. The van der Waals surface area contributed by atoms with Gasteiger partial charge in [-0.15, -0.1) is 0 Å². The van der Waals surface area contributed by atoms with Crippen molar-refractivity contribution in [1.82, 2.24) is 10.1 Å². The topological polar surface area (TPSA) is 77.2 Å². The number of amides is 1. The molecular formula is C12H13N3O3. The summed E-state index contributed by atoms with van der Waals surface area (Å²) >= 11 is 0. The Balaban J connectivity index is 1.98. The monoisotopic (exact) mass is 247 g/mol. The highest BCUT2D eigenvalue weighted by Crippen LogP contribution is 2.13. The Morgan fingerprint density at radius 2 is 2.33 bits per heavy atom. The molecule has 0 atom stereocenters. The summed E-state index contributed by atoms with van der Waals surface area (Å²) in [5.41, 5.74) is 0.850. The van der Waals surface area contributed by atoms with Crippen LogP contribution >= 0.6 is 0 Å². The van der Waals surface area contributed by atoms with Gasteiger partial charge in [-0.1, -0.05) is 17.3 Å². The number of nitrogens with one attached hydrogen (secondary N) is 1. The molecule has 18 heavy (non-hydrogen) atoms. The van der Waals surface area contributed by atoms with Gasteiger partial charge in [-0.05, 0) is 24.6 Å². The Labute approximate surface area is 104 Å². The summed E-state index contributed by atoms with van der Waals surface area (Å²) in [4.78, 5) is 15.6. The van der Waals surface area contributed by atoms with Crippen molar-refractivity contribution in [3.63, 3.8) is 0 Å². The fourth-order valence-corrected chi connectivity index (χ4v) is 1.48. The third kappa shape index (κ3) is 3.07. The third-order valence-electron chi connectivity index (χ3n) is 2.27. The highest BCUT2D eigenvalue weighted by atomic mass is 16.5. The molecule has 1 amide bonds. The van der Waals surface area contributed by atoms with Crippen LogP contribution in [0, 0.1) is 6.92 Å². The molecule has 1 aromatic carbocycles. The van der Waals surface area contributed by atoms with E-state index in [9.17, 15) is 4.79 Å². The Morgan fingerprint density at radius 1 is 1.50 bits per heavy atom. The highest BCUT2D eigenvalue weighted by Gasteiger charge is 2.09. The predicted octanol–water partition coefficient (Wildman–Crippen LogP) is 1.57. The van der Waals surface area contributed by atoms with Crippen LogP contribution in [-0.2, 0) is 11.2 Å². The molecule has 2 aromatic rings. The Hall–Kier alpha value is -2.37. The number of carbonyl (C=O) groups excluding carboxylic acids is 1. The molecule has 0 bridgehead atoms. The number of benzene rings is 1. The molecule has 0 radical (unpaired) electrons. The minimum atomic E-state index is -0.216. The van der Waals surface area contributed by atoms with Crippen LogP contribution < -0.4 is 10.1 Å². The summed E-state index contributed by atoms with van der Waals surface area (Å²) in [5, 5.41) is 6.11. The van der Waals surface area contributed by atoms with Gasteiger partial charge in [0.15, 0.2) is 5.82 Å². The van der Waals surface area contributed by atoms with E-state index in [0.717, 1.165) is 5.56 Å². The van der Waals surface area contributed by atoms with Crippen LogP contribution in [0.4, 0.5) is 6.01 Å². The molecule has 2 rings (SSSR count). The molecule has 6 heteroatoms. The minimum Gasteiger partial charge on any atom is -0.497 e. The maximum atomic E-state index is 11.7. The summed E-state index contributed by atoms with van der Waals surface area (Å²) < 4.78 is 9.89. The van der Waals surface area contributed by atoms with Crippen LogP contribution in [0.3, 0.4) is 0 Å². The number of anilines is 1. The van der Waals surface area contributed by atoms with E-state index in [1.165, 1.54) is 0 Å². The number of hydrogen-bond donors (Lipinski definition) is 1. The molecule has 0 unspecified atom stereocenters. The number of aromatic nitrogens is 2. The van der Waals surface area contributed by atoms with Crippen LogP contribution in [0.1, 0.15) is 11.4 Å². The second-order valence-corrected chi connectivity index (χ2v) is 3.72. The van der Waals surface area contributed by atoms with Crippen molar-refractivity contribution in [2.45, 2.75) is 13.3 Å². The van der Waals surface area contributed by atoms with Crippen molar-refractivity contribution >= 4 is 11.9 Å². The molecule has 0 fully saturated rings. The van der Waals surface area contributed by atoms with Gasteiger partial charge in [-0.25, -0.2) is 0 Å². The zero-order valence-corrected chi connectivity index (χ0v) is 10.1. The number of methoxy groups -OCH3 is 1. The largest absolute Gasteiger partial charge is 0.497 e. The molecule has 0 saturated carbocycles. The van der Waals surface area contributed by atoms with Crippen molar-refractivity contribution < 1.29 is 14.1 Å². The van der Waals surface area contributed by atoms with Gasteiger partial charge in [0.2, 0.25) is 5.91 Å². The van der Waals surface area contributed by atoms with E-state index in [-0.39, 0.29) is 18.3 Å². The minimum absolute atomic E-state index is 0.111. The van der Waals surface area contributed by atoms with Gasteiger partial charge < -0.3 is 9.26 Å². The van der Waals surface area contributed by atoms with Gasteiger partial charge in [-0.3, -0.25) is 10.1 Å². The fraction of sp³-hybridized carbons (Fsp3) is 0.250. The molecule has 1 aromatic heterocycles. The number of hydrogen-bond acceptors (Lipinski definition) is 5. The van der Waals surface area contributed by atoms with E-state index in [1.54, 1.807) is 20.1 Å². The van der Waals surface area contributed by atoms with E-state index in [1.807, 2.05) is 18.2 Å². The van der Waals surface area contributed by atoms with Crippen LogP contribution in [0.15, 0.2) is 28.8 Å². The number of nitrogens with zero attached hydrogens (tertiary/aromatic N) is 2. The first-order valence-corrected chi connectivity index (χ1v) is 5.40. The Bertz CT molecular complexity index is 551. The quantitative estimate of drug-likeness (QED) is 0.887. The van der Waals surface area contributed by atoms with E-state index in [0.29, 0.717) is 11.6 Å². The van der Waals surface area contributed by atoms with Crippen molar-refractivity contribution in [2.75, 3.05) is 12.4 Å². The van der Waals surface area contributed by atoms with Crippen molar-refractivity contribution in [3.8, 4) is 5.75 Å². The Morgan fingerprint density at radius 3 is 3.00 bits per heavy atom. The maximum Gasteiger partial charge on any atom is 0.328 e. The number of ether oxygens (including phenoxy) is 1. The summed E-state index contributed by atoms with van der Waals surface area (Å²) in [6, 6.07) is 7.42. The Kier molecular flexibility index (Phi) is 3.57. The van der Waals surface area contributed by atoms with Crippen molar-refractivity contribution in [2.24, 2.45) is 0 Å². The normalized spacial score (nSPS) is 10.1. The van der Waals surface area contributed by atoms with Gasteiger partial charge >= 0.3 is 6.01 Å². The lowest BCUT2D eigenvalue weighted by atomic mass is 10.1. The molecule has 1 N–H and O–H groups in total. The smallest absolute Gasteiger partial charge is 0.328 e. The van der Waals surface area contributed by atoms with E-state index < -0.39 is 0 Å². The first kappa shape index (κ1) is 12.1. The van der Waals surface area contributed by atoms with Gasteiger partial charge in [0.1, 0.15) is 5.75 Å². The summed E-state index contributed by atoms with van der Waals surface area (Å²) in [6.07, 6.45) is 0.221. The second kappa shape index (κ2) is 5.31. The zero-order valence-electron chi connectivity index (χ0n) is 10.1. The molecule has 1 heterocycles. The number of carbonyl (C=O) groups is 1. The lowest BCUT2D eigenvalue weighted by Gasteiger charge is -2.03. The third-order valence-corrected chi connectivity index (χ3v) is 2.27. The van der Waals surface area contributed by atoms with Crippen molar-refractivity contribution in [1.29, 1.82) is 0 Å². The molecule has 0 saturated heterocycles.